The topological polar surface area (TPSA) is 40.7 Å². The number of nitrogens with one attached hydrogen (secondary N) is 2. The lowest BCUT2D eigenvalue weighted by Gasteiger charge is -2.16. The van der Waals surface area contributed by atoms with Crippen molar-refractivity contribution < 1.29 is 0 Å². The minimum absolute atomic E-state index is 0.717. The zero-order valence-electron chi connectivity index (χ0n) is 8.09. The van der Waals surface area contributed by atoms with Gasteiger partial charge in [-0.2, -0.15) is 5.10 Å². The van der Waals surface area contributed by atoms with Gasteiger partial charge in [-0.15, -0.1) is 0 Å². The predicted molar refractivity (Wildman–Crippen MR) is 52.2 cm³/mol. The Bertz CT molecular complexity index is 243. The Kier molecular flexibility index (Phi) is 2.64. The Morgan fingerprint density at radius 2 is 2.54 bits per heavy atom. The van der Waals surface area contributed by atoms with Gasteiger partial charge in [0.05, 0.1) is 6.20 Å². The fourth-order valence-electron chi connectivity index (χ4n) is 2.07. The van der Waals surface area contributed by atoms with Crippen LogP contribution in [-0.4, -0.2) is 16.2 Å². The van der Waals surface area contributed by atoms with E-state index in [4.69, 9.17) is 0 Å². The molecule has 0 aliphatic heterocycles. The summed E-state index contributed by atoms with van der Waals surface area (Å²) in [7, 11) is 0. The van der Waals surface area contributed by atoms with E-state index in [0.29, 0.717) is 0 Å². The van der Waals surface area contributed by atoms with Crippen LogP contribution in [0.1, 0.15) is 31.7 Å². The van der Waals surface area contributed by atoms with Crippen molar-refractivity contribution in [1.82, 2.24) is 15.5 Å². The molecule has 1 heterocycles. The molecule has 3 nitrogen and oxygen atoms in total. The van der Waals surface area contributed by atoms with Gasteiger partial charge in [0, 0.05) is 24.3 Å². The highest BCUT2D eigenvalue weighted by Gasteiger charge is 2.22. The van der Waals surface area contributed by atoms with Gasteiger partial charge in [-0.1, -0.05) is 13.3 Å². The van der Waals surface area contributed by atoms with E-state index in [9.17, 15) is 0 Å². The smallest absolute Gasteiger partial charge is 0.0532 e. The minimum Gasteiger partial charge on any atom is -0.310 e. The lowest BCUT2D eigenvalue weighted by atomic mass is 10.1. The molecule has 2 N–H and O–H groups in total. The molecule has 1 aliphatic rings. The molecule has 2 unspecified atom stereocenters. The fourth-order valence-corrected chi connectivity index (χ4v) is 2.07. The van der Waals surface area contributed by atoms with Crippen molar-refractivity contribution in [3.8, 4) is 0 Å². The molecule has 1 aliphatic carbocycles. The number of aromatic amines is 1. The van der Waals surface area contributed by atoms with Crippen LogP contribution >= 0.6 is 0 Å². The molecule has 2 atom stereocenters. The van der Waals surface area contributed by atoms with Crippen molar-refractivity contribution >= 4 is 0 Å². The Balaban J connectivity index is 1.79. The summed E-state index contributed by atoms with van der Waals surface area (Å²) in [6.45, 7) is 3.28. The first-order valence-electron chi connectivity index (χ1n) is 5.07. The molecular weight excluding hydrogens is 162 g/mol. The lowest BCUT2D eigenvalue weighted by Crippen LogP contribution is -2.30. The average molecular weight is 179 g/mol. The summed E-state index contributed by atoms with van der Waals surface area (Å²) in [4.78, 5) is 0. The van der Waals surface area contributed by atoms with Gasteiger partial charge in [-0.25, -0.2) is 0 Å². The molecule has 0 saturated heterocycles. The van der Waals surface area contributed by atoms with Gasteiger partial charge in [-0.05, 0) is 18.8 Å². The number of H-pyrrole nitrogens is 1. The van der Waals surface area contributed by atoms with Gasteiger partial charge in [0.1, 0.15) is 0 Å². The standard InChI is InChI=1S/C10H17N3/c1-8-3-2-4-10(8)11-5-9-6-12-13-7-9/h6-8,10-11H,2-5H2,1H3,(H,12,13). The molecule has 72 valence electrons. The van der Waals surface area contributed by atoms with E-state index in [2.05, 4.69) is 22.4 Å². The van der Waals surface area contributed by atoms with Crippen molar-refractivity contribution in [2.45, 2.75) is 38.8 Å². The summed E-state index contributed by atoms with van der Waals surface area (Å²) in [5.41, 5.74) is 1.25. The molecule has 2 rings (SSSR count). The Morgan fingerprint density at radius 1 is 1.62 bits per heavy atom. The van der Waals surface area contributed by atoms with Crippen LogP contribution in [0.15, 0.2) is 12.4 Å². The molecule has 0 aromatic carbocycles. The van der Waals surface area contributed by atoms with E-state index in [1.165, 1.54) is 24.8 Å². The van der Waals surface area contributed by atoms with Crippen molar-refractivity contribution in [3.63, 3.8) is 0 Å². The summed E-state index contributed by atoms with van der Waals surface area (Å²) < 4.78 is 0. The molecule has 0 spiro atoms. The highest BCUT2D eigenvalue weighted by atomic mass is 15.1. The summed E-state index contributed by atoms with van der Waals surface area (Å²) in [6.07, 6.45) is 7.92. The first kappa shape index (κ1) is 8.75. The van der Waals surface area contributed by atoms with E-state index in [0.717, 1.165) is 18.5 Å². The molecule has 1 aromatic rings. The Labute approximate surface area is 78.9 Å². The number of aromatic nitrogens is 2. The quantitative estimate of drug-likeness (QED) is 0.741. The third-order valence-electron chi connectivity index (χ3n) is 2.98. The van der Waals surface area contributed by atoms with E-state index < -0.39 is 0 Å². The van der Waals surface area contributed by atoms with Crippen LogP contribution in [0.4, 0.5) is 0 Å². The maximum absolute atomic E-state index is 3.92. The molecular formula is C10H17N3. The minimum atomic E-state index is 0.717. The molecule has 1 aromatic heterocycles. The fraction of sp³-hybridized carbons (Fsp3) is 0.700. The molecule has 3 heteroatoms. The number of hydrogen-bond donors (Lipinski definition) is 2. The predicted octanol–water partition coefficient (Wildman–Crippen LogP) is 1.69. The van der Waals surface area contributed by atoms with Crippen molar-refractivity contribution in [2.24, 2.45) is 5.92 Å². The van der Waals surface area contributed by atoms with Crippen molar-refractivity contribution in [3.05, 3.63) is 18.0 Å². The molecule has 0 amide bonds. The second-order valence-corrected chi connectivity index (χ2v) is 4.00. The molecule has 0 radical (unpaired) electrons. The van der Waals surface area contributed by atoms with E-state index >= 15 is 0 Å². The zero-order chi connectivity index (χ0) is 9.10. The van der Waals surface area contributed by atoms with Gasteiger partial charge >= 0.3 is 0 Å². The normalized spacial score (nSPS) is 28.1. The summed E-state index contributed by atoms with van der Waals surface area (Å²) in [5, 5.41) is 10.3. The summed E-state index contributed by atoms with van der Waals surface area (Å²) in [6, 6.07) is 0.717. The maximum atomic E-state index is 3.92. The SMILES string of the molecule is CC1CCCC1NCc1cn[nH]c1. The second kappa shape index (κ2) is 3.92. The number of nitrogens with zero attached hydrogens (tertiary/aromatic N) is 1. The maximum Gasteiger partial charge on any atom is 0.0532 e. The Morgan fingerprint density at radius 3 is 3.15 bits per heavy atom. The van der Waals surface area contributed by atoms with Crippen LogP contribution in [-0.2, 0) is 6.54 Å². The van der Waals surface area contributed by atoms with E-state index in [1.54, 1.807) is 0 Å². The lowest BCUT2D eigenvalue weighted by molar-refractivity contribution is 0.426. The van der Waals surface area contributed by atoms with Crippen LogP contribution < -0.4 is 5.32 Å². The van der Waals surface area contributed by atoms with Gasteiger partial charge < -0.3 is 5.32 Å². The van der Waals surface area contributed by atoms with Crippen molar-refractivity contribution in [1.29, 1.82) is 0 Å². The van der Waals surface area contributed by atoms with Gasteiger partial charge in [0.2, 0.25) is 0 Å². The highest BCUT2D eigenvalue weighted by Crippen LogP contribution is 2.24. The van der Waals surface area contributed by atoms with Crippen LogP contribution in [0.3, 0.4) is 0 Å². The first-order valence-corrected chi connectivity index (χ1v) is 5.07. The molecule has 1 saturated carbocycles. The highest BCUT2D eigenvalue weighted by molar-refractivity contribution is 5.02. The molecule has 0 bridgehead atoms. The zero-order valence-corrected chi connectivity index (χ0v) is 8.09. The second-order valence-electron chi connectivity index (χ2n) is 4.00. The summed E-state index contributed by atoms with van der Waals surface area (Å²) in [5.74, 6) is 0.840. The van der Waals surface area contributed by atoms with E-state index in [-0.39, 0.29) is 0 Å². The van der Waals surface area contributed by atoms with Gasteiger partial charge in [-0.3, -0.25) is 5.10 Å². The van der Waals surface area contributed by atoms with Crippen LogP contribution in [0.2, 0.25) is 0 Å². The molecule has 13 heavy (non-hydrogen) atoms. The van der Waals surface area contributed by atoms with Crippen LogP contribution in [0.5, 0.6) is 0 Å². The number of rotatable bonds is 3. The van der Waals surface area contributed by atoms with Gasteiger partial charge in [0.15, 0.2) is 0 Å². The van der Waals surface area contributed by atoms with Gasteiger partial charge in [0.25, 0.3) is 0 Å². The Hall–Kier alpha value is -0.830. The van der Waals surface area contributed by atoms with Crippen LogP contribution in [0, 0.1) is 5.92 Å². The third kappa shape index (κ3) is 2.10. The number of hydrogen-bond acceptors (Lipinski definition) is 2. The molecule has 1 fully saturated rings. The summed E-state index contributed by atoms with van der Waals surface area (Å²) >= 11 is 0. The van der Waals surface area contributed by atoms with Crippen LogP contribution in [0.25, 0.3) is 0 Å². The first-order chi connectivity index (χ1) is 6.36. The van der Waals surface area contributed by atoms with E-state index in [1.807, 2.05) is 12.4 Å². The largest absolute Gasteiger partial charge is 0.310 e. The third-order valence-corrected chi connectivity index (χ3v) is 2.98. The monoisotopic (exact) mass is 179 g/mol. The average Bonchev–Trinajstić information content (AvgIpc) is 2.72. The van der Waals surface area contributed by atoms with Crippen molar-refractivity contribution in [2.75, 3.05) is 0 Å².